The van der Waals surface area contributed by atoms with E-state index in [1.807, 2.05) is 60.7 Å². The van der Waals surface area contributed by atoms with E-state index in [0.717, 1.165) is 11.1 Å². The molecule has 0 saturated heterocycles. The Morgan fingerprint density at radius 2 is 1.43 bits per heavy atom. The first-order chi connectivity index (χ1) is 11.0. The zero-order chi connectivity index (χ0) is 16.9. The summed E-state index contributed by atoms with van der Waals surface area (Å²) in [5.41, 5.74) is 1.59. The van der Waals surface area contributed by atoms with Crippen LogP contribution in [0.4, 0.5) is 0 Å². The van der Waals surface area contributed by atoms with Gasteiger partial charge in [-0.1, -0.05) is 83.9 Å². The summed E-state index contributed by atoms with van der Waals surface area (Å²) in [4.78, 5) is 12.7. The van der Waals surface area contributed by atoms with E-state index in [1.54, 1.807) is 0 Å². The number of hydrogen-bond acceptors (Lipinski definition) is 2. The molecule has 0 radical (unpaired) electrons. The fourth-order valence-electron chi connectivity index (χ4n) is 2.18. The highest BCUT2D eigenvalue weighted by Crippen LogP contribution is 2.28. The summed E-state index contributed by atoms with van der Waals surface area (Å²) in [5, 5.41) is 12.4. The Hall–Kier alpha value is -1.26. The number of alkyl halides is 3. The maximum absolute atomic E-state index is 12.7. The number of nitrogens with one attached hydrogen (secondary N) is 1. The SMILES string of the molecule is O=C(NC(O)C(Cl)(Cl)CCl)C(c1ccccc1)c1ccccc1. The normalized spacial score (nSPS) is 12.9. The standard InChI is InChI=1S/C17H16Cl3NO2/c18-11-17(19,20)16(23)21-15(22)14(12-7-3-1-4-8-12)13-9-5-2-6-10-13/h1-10,14,16,23H,11H2,(H,21,22). The highest BCUT2D eigenvalue weighted by atomic mass is 35.5. The van der Waals surface area contributed by atoms with Crippen molar-refractivity contribution in [2.24, 2.45) is 0 Å². The lowest BCUT2D eigenvalue weighted by Gasteiger charge is -2.26. The molecule has 0 aliphatic heterocycles. The number of aliphatic hydroxyl groups excluding tert-OH is 1. The van der Waals surface area contributed by atoms with Gasteiger partial charge in [0.1, 0.15) is 0 Å². The monoisotopic (exact) mass is 371 g/mol. The molecule has 0 heterocycles. The lowest BCUT2D eigenvalue weighted by molar-refractivity contribution is -0.124. The van der Waals surface area contributed by atoms with Gasteiger partial charge in [-0.2, -0.15) is 0 Å². The molecule has 1 amide bonds. The van der Waals surface area contributed by atoms with Crippen LogP contribution in [0.5, 0.6) is 0 Å². The van der Waals surface area contributed by atoms with E-state index in [1.165, 1.54) is 0 Å². The van der Waals surface area contributed by atoms with Crippen molar-refractivity contribution in [2.45, 2.75) is 16.5 Å². The van der Waals surface area contributed by atoms with Crippen molar-refractivity contribution in [1.29, 1.82) is 0 Å². The molecule has 2 rings (SSSR count). The second-order valence-corrected chi connectivity index (χ2v) is 6.87. The average Bonchev–Trinajstić information content (AvgIpc) is 2.57. The molecule has 0 fully saturated rings. The predicted octanol–water partition coefficient (Wildman–Crippen LogP) is 3.67. The Morgan fingerprint density at radius 1 is 1.00 bits per heavy atom. The minimum atomic E-state index is -1.66. The zero-order valence-corrected chi connectivity index (χ0v) is 14.4. The van der Waals surface area contributed by atoms with Crippen LogP contribution in [0.25, 0.3) is 0 Å². The van der Waals surface area contributed by atoms with Gasteiger partial charge in [0, 0.05) is 0 Å². The minimum absolute atomic E-state index is 0.223. The average molecular weight is 373 g/mol. The van der Waals surface area contributed by atoms with Crippen molar-refractivity contribution < 1.29 is 9.90 Å². The van der Waals surface area contributed by atoms with Gasteiger partial charge in [-0.3, -0.25) is 4.79 Å². The number of rotatable bonds is 6. The van der Waals surface area contributed by atoms with Crippen molar-refractivity contribution in [1.82, 2.24) is 5.32 Å². The van der Waals surface area contributed by atoms with E-state index in [0.29, 0.717) is 0 Å². The lowest BCUT2D eigenvalue weighted by atomic mass is 9.90. The number of amides is 1. The Bertz CT molecular complexity index is 595. The van der Waals surface area contributed by atoms with E-state index in [-0.39, 0.29) is 5.88 Å². The van der Waals surface area contributed by atoms with Gasteiger partial charge in [0.15, 0.2) is 10.6 Å². The van der Waals surface area contributed by atoms with Crippen LogP contribution in [0, 0.1) is 0 Å². The second-order valence-electron chi connectivity index (χ2n) is 5.06. The topological polar surface area (TPSA) is 49.3 Å². The van der Waals surface area contributed by atoms with Crippen LogP contribution in [0.2, 0.25) is 0 Å². The molecule has 0 aliphatic rings. The molecule has 2 aromatic carbocycles. The summed E-state index contributed by atoms with van der Waals surface area (Å²) in [6.07, 6.45) is -1.48. The third kappa shape index (κ3) is 4.61. The highest BCUT2D eigenvalue weighted by molar-refractivity contribution is 6.52. The van der Waals surface area contributed by atoms with Crippen LogP contribution < -0.4 is 5.32 Å². The van der Waals surface area contributed by atoms with Crippen LogP contribution in [0.15, 0.2) is 60.7 Å². The molecule has 0 spiro atoms. The molecule has 1 unspecified atom stereocenters. The minimum Gasteiger partial charge on any atom is -0.370 e. The summed E-state index contributed by atoms with van der Waals surface area (Å²) in [6.45, 7) is 0. The largest absolute Gasteiger partial charge is 0.370 e. The maximum Gasteiger partial charge on any atom is 0.234 e. The first-order valence-electron chi connectivity index (χ1n) is 6.98. The summed E-state index contributed by atoms with van der Waals surface area (Å²) in [5.74, 6) is -1.23. The summed E-state index contributed by atoms with van der Waals surface area (Å²) in [6, 6.07) is 18.5. The molecule has 3 nitrogen and oxygen atoms in total. The molecule has 23 heavy (non-hydrogen) atoms. The fourth-order valence-corrected chi connectivity index (χ4v) is 2.44. The highest BCUT2D eigenvalue weighted by Gasteiger charge is 2.35. The van der Waals surface area contributed by atoms with E-state index < -0.39 is 22.4 Å². The Kier molecular flexibility index (Phi) is 6.31. The predicted molar refractivity (Wildman–Crippen MR) is 94.0 cm³/mol. The molecule has 0 bridgehead atoms. The van der Waals surface area contributed by atoms with Crippen molar-refractivity contribution in [3.05, 3.63) is 71.8 Å². The van der Waals surface area contributed by atoms with Gasteiger partial charge < -0.3 is 10.4 Å². The fraction of sp³-hybridized carbons (Fsp3) is 0.235. The van der Waals surface area contributed by atoms with Crippen LogP contribution >= 0.6 is 34.8 Å². The molecule has 2 aromatic rings. The van der Waals surface area contributed by atoms with Crippen LogP contribution in [0.1, 0.15) is 17.0 Å². The van der Waals surface area contributed by atoms with Crippen molar-refractivity contribution in [2.75, 3.05) is 5.88 Å². The Morgan fingerprint density at radius 3 is 1.83 bits per heavy atom. The summed E-state index contributed by atoms with van der Waals surface area (Å²) in [7, 11) is 0. The second kappa shape index (κ2) is 8.02. The molecule has 0 aliphatic carbocycles. The first kappa shape index (κ1) is 18.1. The zero-order valence-electron chi connectivity index (χ0n) is 12.1. The Balaban J connectivity index is 2.30. The molecular formula is C17H16Cl3NO2. The third-order valence-electron chi connectivity index (χ3n) is 3.39. The van der Waals surface area contributed by atoms with Crippen LogP contribution in [0.3, 0.4) is 0 Å². The van der Waals surface area contributed by atoms with Crippen LogP contribution in [-0.4, -0.2) is 27.5 Å². The smallest absolute Gasteiger partial charge is 0.234 e. The number of hydrogen-bond donors (Lipinski definition) is 2. The first-order valence-corrected chi connectivity index (χ1v) is 8.27. The molecule has 122 valence electrons. The molecule has 0 saturated carbocycles. The van der Waals surface area contributed by atoms with E-state index in [9.17, 15) is 9.90 Å². The lowest BCUT2D eigenvalue weighted by Crippen LogP contribution is -2.48. The Labute approximate surface area is 150 Å². The van der Waals surface area contributed by atoms with Crippen molar-refractivity contribution >= 4 is 40.7 Å². The molecule has 2 N–H and O–H groups in total. The van der Waals surface area contributed by atoms with Gasteiger partial charge in [0.05, 0.1) is 11.8 Å². The van der Waals surface area contributed by atoms with Gasteiger partial charge in [-0.05, 0) is 11.1 Å². The molecule has 1 atom stereocenters. The van der Waals surface area contributed by atoms with E-state index in [4.69, 9.17) is 34.8 Å². The number of aliphatic hydroxyl groups is 1. The quantitative estimate of drug-likeness (QED) is 0.600. The molecular weight excluding hydrogens is 357 g/mol. The molecule has 0 aromatic heterocycles. The number of carbonyl (C=O) groups is 1. The van der Waals surface area contributed by atoms with E-state index in [2.05, 4.69) is 5.32 Å². The number of benzene rings is 2. The van der Waals surface area contributed by atoms with Gasteiger partial charge >= 0.3 is 0 Å². The maximum atomic E-state index is 12.7. The van der Waals surface area contributed by atoms with Gasteiger partial charge in [-0.25, -0.2) is 0 Å². The molecule has 6 heteroatoms. The third-order valence-corrected chi connectivity index (χ3v) is 4.76. The van der Waals surface area contributed by atoms with E-state index >= 15 is 0 Å². The summed E-state index contributed by atoms with van der Waals surface area (Å²) < 4.78 is -1.66. The van der Waals surface area contributed by atoms with Crippen LogP contribution in [-0.2, 0) is 4.79 Å². The number of carbonyl (C=O) groups excluding carboxylic acids is 1. The van der Waals surface area contributed by atoms with Gasteiger partial charge in [0.2, 0.25) is 5.91 Å². The van der Waals surface area contributed by atoms with Crippen molar-refractivity contribution in [3.8, 4) is 0 Å². The van der Waals surface area contributed by atoms with Gasteiger partial charge in [-0.15, -0.1) is 11.6 Å². The van der Waals surface area contributed by atoms with Crippen molar-refractivity contribution in [3.63, 3.8) is 0 Å². The number of halogens is 3. The van der Waals surface area contributed by atoms with Gasteiger partial charge in [0.25, 0.3) is 0 Å². The summed E-state index contributed by atoms with van der Waals surface area (Å²) >= 11 is 17.4.